The fourth-order valence-corrected chi connectivity index (χ4v) is 1.07. The maximum atomic E-state index is 10.9. The maximum Gasteiger partial charge on any atom is 0.254 e. The molecule has 0 aliphatic carbocycles. The lowest BCUT2D eigenvalue weighted by Gasteiger charge is -2.08. The van der Waals surface area contributed by atoms with Crippen molar-refractivity contribution in [1.82, 2.24) is 15.3 Å². The number of rotatable bonds is 6. The van der Waals surface area contributed by atoms with E-state index in [2.05, 4.69) is 29.1 Å². The number of aromatic amines is 1. The van der Waals surface area contributed by atoms with Crippen molar-refractivity contribution in [2.45, 2.75) is 26.3 Å². The fraction of sp³-hybridized carbons (Fsp3) is 0.600. The first-order valence-corrected chi connectivity index (χ1v) is 5.09. The Hall–Kier alpha value is -1.36. The summed E-state index contributed by atoms with van der Waals surface area (Å²) in [4.78, 5) is 17.2. The van der Waals surface area contributed by atoms with Crippen molar-refractivity contribution in [2.24, 2.45) is 0 Å². The summed E-state index contributed by atoms with van der Waals surface area (Å²) in [5, 5.41) is 3.27. The van der Waals surface area contributed by atoms with Crippen molar-refractivity contribution in [3.05, 3.63) is 22.7 Å². The van der Waals surface area contributed by atoms with E-state index in [0.29, 0.717) is 18.5 Å². The highest BCUT2D eigenvalue weighted by molar-refractivity contribution is 5.04. The van der Waals surface area contributed by atoms with Gasteiger partial charge in [0.2, 0.25) is 5.88 Å². The second-order valence-electron chi connectivity index (χ2n) is 3.56. The Balaban J connectivity index is 2.18. The zero-order valence-corrected chi connectivity index (χ0v) is 9.12. The average molecular weight is 211 g/mol. The molecule has 2 N–H and O–H groups in total. The van der Waals surface area contributed by atoms with Crippen molar-refractivity contribution in [3.8, 4) is 5.88 Å². The molecule has 1 aromatic heterocycles. The van der Waals surface area contributed by atoms with Gasteiger partial charge >= 0.3 is 0 Å². The molecule has 15 heavy (non-hydrogen) atoms. The number of hydrogen-bond acceptors (Lipinski definition) is 4. The third-order valence-corrected chi connectivity index (χ3v) is 1.78. The molecule has 0 amide bonds. The minimum absolute atomic E-state index is 0.194. The van der Waals surface area contributed by atoms with Crippen LogP contribution < -0.4 is 15.6 Å². The van der Waals surface area contributed by atoms with Gasteiger partial charge in [0.05, 0.1) is 19.0 Å². The van der Waals surface area contributed by atoms with Crippen LogP contribution in [0, 0.1) is 0 Å². The number of H-pyrrole nitrogens is 1. The van der Waals surface area contributed by atoms with E-state index in [-0.39, 0.29) is 5.56 Å². The summed E-state index contributed by atoms with van der Waals surface area (Å²) in [7, 11) is 0. The standard InChI is InChI=1S/C10H17N3O2/c1-8(2)11-4-3-5-15-10-6-9(14)12-7-13-10/h6-8,11H,3-5H2,1-2H3,(H,12,13,14). The topological polar surface area (TPSA) is 67.0 Å². The average Bonchev–Trinajstić information content (AvgIpc) is 2.17. The SMILES string of the molecule is CC(C)NCCCOc1cc(=O)[nH]cn1. The van der Waals surface area contributed by atoms with Crippen molar-refractivity contribution in [1.29, 1.82) is 0 Å². The Morgan fingerprint density at radius 1 is 1.60 bits per heavy atom. The van der Waals surface area contributed by atoms with Gasteiger partial charge in [0.1, 0.15) is 0 Å². The molecule has 0 aliphatic heterocycles. The highest BCUT2D eigenvalue weighted by Crippen LogP contribution is 1.98. The van der Waals surface area contributed by atoms with E-state index < -0.39 is 0 Å². The number of aromatic nitrogens is 2. The van der Waals surface area contributed by atoms with Crippen molar-refractivity contribution >= 4 is 0 Å². The summed E-state index contributed by atoms with van der Waals surface area (Å²) in [6, 6.07) is 1.83. The van der Waals surface area contributed by atoms with Crippen LogP contribution in [-0.4, -0.2) is 29.2 Å². The smallest absolute Gasteiger partial charge is 0.254 e. The molecule has 0 aliphatic rings. The van der Waals surface area contributed by atoms with E-state index in [1.807, 2.05) is 0 Å². The van der Waals surface area contributed by atoms with Crippen LogP contribution in [0.4, 0.5) is 0 Å². The van der Waals surface area contributed by atoms with E-state index in [9.17, 15) is 4.79 Å². The Morgan fingerprint density at radius 3 is 3.07 bits per heavy atom. The summed E-state index contributed by atoms with van der Waals surface area (Å²) >= 11 is 0. The largest absolute Gasteiger partial charge is 0.477 e. The number of ether oxygens (including phenoxy) is 1. The van der Waals surface area contributed by atoms with Crippen LogP contribution in [0.3, 0.4) is 0 Å². The lowest BCUT2D eigenvalue weighted by atomic mass is 10.3. The first-order chi connectivity index (χ1) is 7.18. The molecule has 0 unspecified atom stereocenters. The van der Waals surface area contributed by atoms with Crippen LogP contribution in [-0.2, 0) is 0 Å². The van der Waals surface area contributed by atoms with Gasteiger partial charge < -0.3 is 15.0 Å². The lowest BCUT2D eigenvalue weighted by molar-refractivity contribution is 0.294. The second kappa shape index (κ2) is 6.19. The molecule has 0 bridgehead atoms. The highest BCUT2D eigenvalue weighted by Gasteiger charge is 1.96. The van der Waals surface area contributed by atoms with Gasteiger partial charge in [-0.15, -0.1) is 0 Å². The molecular weight excluding hydrogens is 194 g/mol. The third-order valence-electron chi connectivity index (χ3n) is 1.78. The number of nitrogens with zero attached hydrogens (tertiary/aromatic N) is 1. The minimum atomic E-state index is -0.194. The van der Waals surface area contributed by atoms with Crippen LogP contribution in [0.25, 0.3) is 0 Å². The molecule has 0 radical (unpaired) electrons. The molecule has 5 heteroatoms. The molecule has 0 saturated heterocycles. The highest BCUT2D eigenvalue weighted by atomic mass is 16.5. The summed E-state index contributed by atoms with van der Waals surface area (Å²) in [6.07, 6.45) is 2.23. The van der Waals surface area contributed by atoms with Crippen LogP contribution in [0.15, 0.2) is 17.2 Å². The van der Waals surface area contributed by atoms with Crippen LogP contribution >= 0.6 is 0 Å². The van der Waals surface area contributed by atoms with Crippen molar-refractivity contribution in [3.63, 3.8) is 0 Å². The first-order valence-electron chi connectivity index (χ1n) is 5.09. The zero-order valence-electron chi connectivity index (χ0n) is 9.12. The van der Waals surface area contributed by atoms with Crippen molar-refractivity contribution in [2.75, 3.05) is 13.2 Å². The molecule has 0 aromatic carbocycles. The summed E-state index contributed by atoms with van der Waals surface area (Å²) in [5.41, 5.74) is -0.194. The molecule has 1 heterocycles. The van der Waals surface area contributed by atoms with Crippen LogP contribution in [0.2, 0.25) is 0 Å². The van der Waals surface area contributed by atoms with E-state index in [0.717, 1.165) is 13.0 Å². The summed E-state index contributed by atoms with van der Waals surface area (Å²) in [6.45, 7) is 5.66. The molecule has 0 saturated carbocycles. The maximum absolute atomic E-state index is 10.9. The molecule has 0 fully saturated rings. The predicted octanol–water partition coefficient (Wildman–Crippen LogP) is 0.537. The molecule has 5 nitrogen and oxygen atoms in total. The summed E-state index contributed by atoms with van der Waals surface area (Å²) in [5.74, 6) is 0.378. The van der Waals surface area contributed by atoms with E-state index in [1.165, 1.54) is 12.4 Å². The summed E-state index contributed by atoms with van der Waals surface area (Å²) < 4.78 is 5.30. The van der Waals surface area contributed by atoms with Crippen molar-refractivity contribution < 1.29 is 4.74 Å². The second-order valence-corrected chi connectivity index (χ2v) is 3.56. The monoisotopic (exact) mass is 211 g/mol. The predicted molar refractivity (Wildman–Crippen MR) is 58.1 cm³/mol. The Kier molecular flexibility index (Phi) is 4.83. The zero-order chi connectivity index (χ0) is 11.1. The lowest BCUT2D eigenvalue weighted by Crippen LogP contribution is -2.24. The van der Waals surface area contributed by atoms with E-state index in [1.54, 1.807) is 0 Å². The molecular formula is C10H17N3O2. The Bertz CT molecular complexity index is 335. The number of nitrogens with one attached hydrogen (secondary N) is 2. The van der Waals surface area contributed by atoms with E-state index >= 15 is 0 Å². The molecule has 0 atom stereocenters. The van der Waals surface area contributed by atoms with Gasteiger partial charge in [-0.25, -0.2) is 4.98 Å². The molecule has 1 rings (SSSR count). The van der Waals surface area contributed by atoms with Gasteiger partial charge in [0.25, 0.3) is 5.56 Å². The van der Waals surface area contributed by atoms with Gasteiger partial charge in [-0.05, 0) is 13.0 Å². The van der Waals surface area contributed by atoms with Gasteiger partial charge in [0.15, 0.2) is 0 Å². The van der Waals surface area contributed by atoms with Crippen LogP contribution in [0.1, 0.15) is 20.3 Å². The Labute approximate surface area is 88.9 Å². The molecule has 84 valence electrons. The van der Waals surface area contributed by atoms with Gasteiger partial charge in [0, 0.05) is 6.04 Å². The number of hydrogen-bond donors (Lipinski definition) is 2. The molecule has 0 spiro atoms. The van der Waals surface area contributed by atoms with Gasteiger partial charge in [-0.2, -0.15) is 0 Å². The fourth-order valence-electron chi connectivity index (χ4n) is 1.07. The minimum Gasteiger partial charge on any atom is -0.477 e. The third kappa shape index (κ3) is 5.17. The van der Waals surface area contributed by atoms with Crippen LogP contribution in [0.5, 0.6) is 5.88 Å². The van der Waals surface area contributed by atoms with Gasteiger partial charge in [-0.3, -0.25) is 4.79 Å². The van der Waals surface area contributed by atoms with E-state index in [4.69, 9.17) is 4.74 Å². The first kappa shape index (κ1) is 11.7. The quantitative estimate of drug-likeness (QED) is 0.674. The normalized spacial score (nSPS) is 10.6. The molecule has 1 aromatic rings. The Morgan fingerprint density at radius 2 is 2.40 bits per heavy atom. The van der Waals surface area contributed by atoms with Gasteiger partial charge in [-0.1, -0.05) is 13.8 Å².